The van der Waals surface area contributed by atoms with Gasteiger partial charge in [0.05, 0.1) is 12.2 Å². The molecule has 2 rings (SSSR count). The molecule has 2 aromatic rings. The quantitative estimate of drug-likeness (QED) is 0.621. The van der Waals surface area contributed by atoms with Crippen molar-refractivity contribution in [3.63, 3.8) is 0 Å². The van der Waals surface area contributed by atoms with Crippen LogP contribution in [0.4, 0.5) is 5.82 Å². The number of pyridine rings is 1. The largest absolute Gasteiger partial charge is 0.384 e. The maximum atomic E-state index is 9.10. The van der Waals surface area contributed by atoms with Gasteiger partial charge in [-0.05, 0) is 36.8 Å². The number of anilines is 1. The molecule has 0 aliphatic heterocycles. The molecule has 1 aromatic carbocycles. The van der Waals surface area contributed by atoms with Crippen LogP contribution in [-0.2, 0) is 4.74 Å². The first kappa shape index (κ1) is 16.3. The van der Waals surface area contributed by atoms with E-state index in [0.717, 1.165) is 17.9 Å². The highest BCUT2D eigenvalue weighted by Crippen LogP contribution is 2.23. The van der Waals surface area contributed by atoms with E-state index in [-0.39, 0.29) is 6.04 Å². The predicted molar refractivity (Wildman–Crippen MR) is 90.0 cm³/mol. The number of methoxy groups -OCH3 is 1. The average molecular weight is 313 g/mol. The lowest BCUT2D eigenvalue weighted by molar-refractivity contribution is 0.218. The molecule has 1 atom stereocenters. The van der Waals surface area contributed by atoms with E-state index in [1.165, 1.54) is 4.90 Å². The number of nitrogens with zero attached hydrogens (tertiary/aromatic N) is 2. The number of benzene rings is 1. The molecule has 0 radical (unpaired) electrons. The minimum Gasteiger partial charge on any atom is -0.384 e. The molecule has 0 amide bonds. The summed E-state index contributed by atoms with van der Waals surface area (Å²) in [4.78, 5) is 5.46. The zero-order valence-corrected chi connectivity index (χ0v) is 13.6. The lowest BCUT2D eigenvalue weighted by atomic mass is 10.1. The summed E-state index contributed by atoms with van der Waals surface area (Å²) in [7, 11) is 1.71. The van der Waals surface area contributed by atoms with Gasteiger partial charge >= 0.3 is 0 Å². The fourth-order valence-electron chi connectivity index (χ4n) is 1.99. The van der Waals surface area contributed by atoms with Gasteiger partial charge in [0.1, 0.15) is 11.9 Å². The van der Waals surface area contributed by atoms with Gasteiger partial charge in [0.15, 0.2) is 0 Å². The number of aromatic nitrogens is 1. The third kappa shape index (κ3) is 4.48. The minimum atomic E-state index is 0.0834. The molecule has 0 fully saturated rings. The van der Waals surface area contributed by atoms with E-state index < -0.39 is 0 Å². The molecule has 1 aromatic heterocycles. The minimum absolute atomic E-state index is 0.0834. The zero-order valence-electron chi connectivity index (χ0n) is 12.7. The summed E-state index contributed by atoms with van der Waals surface area (Å²) in [6.07, 6.45) is 1.69. The summed E-state index contributed by atoms with van der Waals surface area (Å²) in [5.41, 5.74) is 1.71. The van der Waals surface area contributed by atoms with Crippen LogP contribution in [0.15, 0.2) is 47.5 Å². The third-order valence-electron chi connectivity index (χ3n) is 3.22. The number of thioether (sulfide) groups is 1. The van der Waals surface area contributed by atoms with E-state index in [9.17, 15) is 0 Å². The molecule has 0 bridgehead atoms. The van der Waals surface area contributed by atoms with Gasteiger partial charge < -0.3 is 10.1 Å². The summed E-state index contributed by atoms with van der Waals surface area (Å²) in [6, 6.07) is 14.2. The van der Waals surface area contributed by atoms with Crippen LogP contribution in [0.25, 0.3) is 0 Å². The highest BCUT2D eigenvalue weighted by Gasteiger charge is 2.09. The summed E-state index contributed by atoms with van der Waals surface area (Å²) in [6.45, 7) is 2.81. The van der Waals surface area contributed by atoms with E-state index in [1.807, 2.05) is 0 Å². The van der Waals surface area contributed by atoms with Crippen LogP contribution in [0, 0.1) is 11.3 Å². The molecular formula is C17H19N3OS. The van der Waals surface area contributed by atoms with E-state index in [2.05, 4.69) is 47.6 Å². The van der Waals surface area contributed by atoms with Crippen molar-refractivity contribution < 1.29 is 4.74 Å². The van der Waals surface area contributed by atoms with Crippen LogP contribution in [0.1, 0.15) is 24.1 Å². The topological polar surface area (TPSA) is 57.9 Å². The van der Waals surface area contributed by atoms with Crippen molar-refractivity contribution in [2.45, 2.75) is 17.9 Å². The Balaban J connectivity index is 2.00. The molecule has 0 saturated heterocycles. The predicted octanol–water partition coefficient (Wildman–Crippen LogP) is 3.86. The number of rotatable bonds is 7. The molecule has 114 valence electrons. The molecule has 0 aliphatic carbocycles. The summed E-state index contributed by atoms with van der Waals surface area (Å²) in [5, 5.41) is 12.4. The lowest BCUT2D eigenvalue weighted by Gasteiger charge is -2.16. The third-order valence-corrected chi connectivity index (χ3v) is 4.19. The highest BCUT2D eigenvalue weighted by atomic mass is 32.2. The van der Waals surface area contributed by atoms with E-state index in [0.29, 0.717) is 11.4 Å². The number of nitrogens with one attached hydrogen (secondary N) is 1. The fourth-order valence-corrected chi connectivity index (χ4v) is 2.81. The highest BCUT2D eigenvalue weighted by molar-refractivity contribution is 7.99. The first-order valence-electron chi connectivity index (χ1n) is 7.08. The van der Waals surface area contributed by atoms with E-state index >= 15 is 0 Å². The van der Waals surface area contributed by atoms with Gasteiger partial charge in [-0.3, -0.25) is 0 Å². The number of hydrogen-bond donors (Lipinski definition) is 1. The standard InChI is InChI=1S/C17H19N3OS/c1-13(20-17-15(12-18)4-3-9-19-17)14-5-7-16(8-6-14)22-11-10-21-2/h3-9,13H,10-11H2,1-2H3,(H,19,20). The van der Waals surface area contributed by atoms with Crippen LogP contribution in [0.5, 0.6) is 0 Å². The SMILES string of the molecule is COCCSc1ccc(C(C)Nc2ncccc2C#N)cc1. The van der Waals surface area contributed by atoms with Gasteiger partial charge in [-0.25, -0.2) is 4.98 Å². The molecule has 0 aliphatic rings. The van der Waals surface area contributed by atoms with E-state index in [4.69, 9.17) is 10.00 Å². The molecule has 1 N–H and O–H groups in total. The molecule has 1 unspecified atom stereocenters. The van der Waals surface area contributed by atoms with Gasteiger partial charge in [0, 0.05) is 30.0 Å². The summed E-state index contributed by atoms with van der Waals surface area (Å²) in [5.74, 6) is 1.57. The van der Waals surface area contributed by atoms with E-state index in [1.54, 1.807) is 37.2 Å². The maximum Gasteiger partial charge on any atom is 0.144 e. The first-order chi connectivity index (χ1) is 10.7. The molecule has 22 heavy (non-hydrogen) atoms. The van der Waals surface area contributed by atoms with Gasteiger partial charge in [0.2, 0.25) is 0 Å². The van der Waals surface area contributed by atoms with Crippen LogP contribution in [0.2, 0.25) is 0 Å². The van der Waals surface area contributed by atoms with Gasteiger partial charge in [-0.2, -0.15) is 5.26 Å². The van der Waals surface area contributed by atoms with Gasteiger partial charge in [-0.15, -0.1) is 11.8 Å². The van der Waals surface area contributed by atoms with Crippen molar-refractivity contribution in [3.8, 4) is 6.07 Å². The number of hydrogen-bond acceptors (Lipinski definition) is 5. The second kappa shape index (κ2) is 8.42. The smallest absolute Gasteiger partial charge is 0.144 e. The monoisotopic (exact) mass is 313 g/mol. The second-order valence-corrected chi connectivity index (χ2v) is 5.96. The van der Waals surface area contributed by atoms with Gasteiger partial charge in [0.25, 0.3) is 0 Å². The molecule has 0 saturated carbocycles. The fraction of sp³-hybridized carbons (Fsp3) is 0.294. The Hall–Kier alpha value is -2.03. The van der Waals surface area contributed by atoms with Crippen molar-refractivity contribution in [3.05, 3.63) is 53.7 Å². The molecular weight excluding hydrogens is 294 g/mol. The van der Waals surface area contributed by atoms with Crippen molar-refractivity contribution in [1.82, 2.24) is 4.98 Å². The summed E-state index contributed by atoms with van der Waals surface area (Å²) >= 11 is 1.77. The Bertz CT molecular complexity index is 637. The Morgan fingerprint density at radius 2 is 2.09 bits per heavy atom. The molecule has 0 spiro atoms. The zero-order chi connectivity index (χ0) is 15.8. The van der Waals surface area contributed by atoms with Crippen molar-refractivity contribution in [2.75, 3.05) is 24.8 Å². The normalized spacial score (nSPS) is 11.7. The van der Waals surface area contributed by atoms with Crippen molar-refractivity contribution >= 4 is 17.6 Å². The number of nitriles is 1. The first-order valence-corrected chi connectivity index (χ1v) is 8.06. The van der Waals surface area contributed by atoms with Crippen molar-refractivity contribution in [1.29, 1.82) is 5.26 Å². The number of ether oxygens (including phenoxy) is 1. The molecule has 4 nitrogen and oxygen atoms in total. The average Bonchev–Trinajstić information content (AvgIpc) is 2.56. The Kier molecular flexibility index (Phi) is 6.26. The van der Waals surface area contributed by atoms with Gasteiger partial charge in [-0.1, -0.05) is 12.1 Å². The van der Waals surface area contributed by atoms with Crippen LogP contribution < -0.4 is 5.32 Å². The second-order valence-electron chi connectivity index (χ2n) is 4.79. The summed E-state index contributed by atoms with van der Waals surface area (Å²) < 4.78 is 5.05. The Morgan fingerprint density at radius 1 is 1.32 bits per heavy atom. The lowest BCUT2D eigenvalue weighted by Crippen LogP contribution is -2.09. The molecule has 5 heteroatoms. The molecule has 1 heterocycles. The van der Waals surface area contributed by atoms with Crippen LogP contribution >= 0.6 is 11.8 Å². The Labute approximate surface area is 135 Å². The maximum absolute atomic E-state index is 9.10. The van der Waals surface area contributed by atoms with Crippen molar-refractivity contribution in [2.24, 2.45) is 0 Å². The Morgan fingerprint density at radius 3 is 2.77 bits per heavy atom. The van der Waals surface area contributed by atoms with Crippen LogP contribution in [0.3, 0.4) is 0 Å². The van der Waals surface area contributed by atoms with Crippen LogP contribution in [-0.4, -0.2) is 24.5 Å².